The lowest BCUT2D eigenvalue weighted by atomic mass is 9.61. The summed E-state index contributed by atoms with van der Waals surface area (Å²) in [6, 6.07) is 0.263. The van der Waals surface area contributed by atoms with Gasteiger partial charge >= 0.3 is 6.09 Å². The van der Waals surface area contributed by atoms with Gasteiger partial charge in [-0.05, 0) is 37.6 Å². The maximum atomic E-state index is 11.7. The van der Waals surface area contributed by atoms with E-state index in [1.54, 1.807) is 0 Å². The highest BCUT2D eigenvalue weighted by Gasteiger charge is 2.45. The number of ether oxygens (including phenoxy) is 1. The van der Waals surface area contributed by atoms with Gasteiger partial charge in [0.2, 0.25) is 0 Å². The van der Waals surface area contributed by atoms with Crippen molar-refractivity contribution < 1.29 is 9.53 Å². The molecule has 98 valence electrons. The molecule has 1 spiro atoms. The Bertz CT molecular complexity index is 264. The summed E-state index contributed by atoms with van der Waals surface area (Å²) in [7, 11) is 0. The largest absolute Gasteiger partial charge is 0.450 e. The van der Waals surface area contributed by atoms with E-state index < -0.39 is 0 Å². The van der Waals surface area contributed by atoms with E-state index in [2.05, 4.69) is 17.6 Å². The second-order valence-electron chi connectivity index (χ2n) is 5.36. The summed E-state index contributed by atoms with van der Waals surface area (Å²) in [5, 5.41) is 6.41. The van der Waals surface area contributed by atoms with Gasteiger partial charge in [0, 0.05) is 6.54 Å². The van der Waals surface area contributed by atoms with Crippen molar-refractivity contribution in [2.45, 2.75) is 51.5 Å². The molecule has 17 heavy (non-hydrogen) atoms. The molecule has 2 fully saturated rings. The normalized spacial score (nSPS) is 26.3. The summed E-state index contributed by atoms with van der Waals surface area (Å²) in [5.74, 6) is 0. The molecule has 2 N–H and O–H groups in total. The van der Waals surface area contributed by atoms with Crippen LogP contribution in [0, 0.1) is 5.41 Å². The first-order valence-electron chi connectivity index (χ1n) is 6.91. The second-order valence-corrected chi connectivity index (χ2v) is 5.36. The zero-order valence-electron chi connectivity index (χ0n) is 10.8. The Morgan fingerprint density at radius 3 is 2.94 bits per heavy atom. The first-order valence-corrected chi connectivity index (χ1v) is 6.91. The van der Waals surface area contributed by atoms with Crippen molar-refractivity contribution in [2.24, 2.45) is 5.41 Å². The van der Waals surface area contributed by atoms with Gasteiger partial charge in [-0.3, -0.25) is 0 Å². The number of carbonyl (C=O) groups excluding carboxylic acids is 1. The zero-order chi connectivity index (χ0) is 12.1. The molecule has 2 aliphatic rings. The quantitative estimate of drug-likeness (QED) is 0.739. The molecule has 0 aromatic heterocycles. The minimum atomic E-state index is -0.238. The van der Waals surface area contributed by atoms with Crippen molar-refractivity contribution in [3.8, 4) is 0 Å². The van der Waals surface area contributed by atoms with E-state index in [1.807, 2.05) is 0 Å². The Balaban J connectivity index is 1.78. The molecule has 1 atom stereocenters. The second kappa shape index (κ2) is 5.71. The van der Waals surface area contributed by atoms with Crippen LogP contribution in [0.15, 0.2) is 0 Å². The predicted octanol–water partition coefficient (Wildman–Crippen LogP) is 2.04. The Labute approximate surface area is 103 Å². The van der Waals surface area contributed by atoms with Crippen molar-refractivity contribution in [1.29, 1.82) is 0 Å². The van der Waals surface area contributed by atoms with Gasteiger partial charge in [-0.1, -0.05) is 19.8 Å². The van der Waals surface area contributed by atoms with E-state index in [4.69, 9.17) is 4.74 Å². The number of hydrogen-bond donors (Lipinski definition) is 2. The van der Waals surface area contributed by atoms with Gasteiger partial charge < -0.3 is 15.4 Å². The summed E-state index contributed by atoms with van der Waals surface area (Å²) < 4.78 is 5.17. The van der Waals surface area contributed by atoms with E-state index in [0.717, 1.165) is 25.9 Å². The average molecular weight is 240 g/mol. The van der Waals surface area contributed by atoms with Crippen LogP contribution in [0.1, 0.15) is 45.4 Å². The summed E-state index contributed by atoms with van der Waals surface area (Å²) >= 11 is 0. The third-order valence-electron chi connectivity index (χ3n) is 4.26. The van der Waals surface area contributed by atoms with Crippen LogP contribution >= 0.6 is 0 Å². The maximum Gasteiger partial charge on any atom is 0.407 e. The number of carbonyl (C=O) groups is 1. The molecular weight excluding hydrogens is 216 g/mol. The summed E-state index contributed by atoms with van der Waals surface area (Å²) in [6.07, 6.45) is 6.78. The SMILES string of the molecule is CCCCOC(=O)NC1CNCCC12CCC2. The van der Waals surface area contributed by atoms with Crippen LogP contribution in [0.5, 0.6) is 0 Å². The molecule has 0 bridgehead atoms. The lowest BCUT2D eigenvalue weighted by Gasteiger charge is -2.50. The Morgan fingerprint density at radius 2 is 2.29 bits per heavy atom. The van der Waals surface area contributed by atoms with Crippen LogP contribution in [-0.2, 0) is 4.74 Å². The number of hydrogen-bond acceptors (Lipinski definition) is 3. The van der Waals surface area contributed by atoms with Crippen molar-refractivity contribution in [3.63, 3.8) is 0 Å². The fourth-order valence-corrected chi connectivity index (χ4v) is 2.90. The zero-order valence-corrected chi connectivity index (χ0v) is 10.8. The third kappa shape index (κ3) is 2.92. The number of amides is 1. The molecule has 0 radical (unpaired) electrons. The first-order chi connectivity index (χ1) is 8.27. The van der Waals surface area contributed by atoms with Crippen molar-refractivity contribution in [3.05, 3.63) is 0 Å². The predicted molar refractivity (Wildman–Crippen MR) is 67.0 cm³/mol. The van der Waals surface area contributed by atoms with Gasteiger partial charge in [-0.15, -0.1) is 0 Å². The van der Waals surface area contributed by atoms with Crippen LogP contribution in [0.3, 0.4) is 0 Å². The van der Waals surface area contributed by atoms with Crippen LogP contribution in [0.2, 0.25) is 0 Å². The van der Waals surface area contributed by atoms with E-state index in [1.165, 1.54) is 25.7 Å². The standard InChI is InChI=1S/C13H24N2O2/c1-2-3-9-17-12(16)15-11-10-14-8-7-13(11)5-4-6-13/h11,14H,2-10H2,1H3,(H,15,16). The van der Waals surface area contributed by atoms with Crippen molar-refractivity contribution in [1.82, 2.24) is 10.6 Å². The number of unbranched alkanes of at least 4 members (excludes halogenated alkanes) is 1. The fourth-order valence-electron chi connectivity index (χ4n) is 2.90. The van der Waals surface area contributed by atoms with Gasteiger partial charge in [0.25, 0.3) is 0 Å². The highest BCUT2D eigenvalue weighted by atomic mass is 16.5. The van der Waals surface area contributed by atoms with Gasteiger partial charge in [-0.25, -0.2) is 4.79 Å². The van der Waals surface area contributed by atoms with Crippen molar-refractivity contribution >= 4 is 6.09 Å². The fraction of sp³-hybridized carbons (Fsp3) is 0.923. The molecule has 4 nitrogen and oxygen atoms in total. The molecule has 0 aromatic rings. The Morgan fingerprint density at radius 1 is 1.47 bits per heavy atom. The highest BCUT2D eigenvalue weighted by molar-refractivity contribution is 5.67. The number of nitrogens with one attached hydrogen (secondary N) is 2. The molecule has 0 aromatic carbocycles. The Kier molecular flexibility index (Phi) is 4.26. The van der Waals surface area contributed by atoms with Gasteiger partial charge in [0.15, 0.2) is 0 Å². The molecule has 1 amide bonds. The highest BCUT2D eigenvalue weighted by Crippen LogP contribution is 2.47. The molecule has 1 aliphatic heterocycles. The molecular formula is C13H24N2O2. The topological polar surface area (TPSA) is 50.4 Å². The van der Waals surface area contributed by atoms with E-state index in [9.17, 15) is 4.79 Å². The minimum Gasteiger partial charge on any atom is -0.450 e. The van der Waals surface area contributed by atoms with Crippen LogP contribution < -0.4 is 10.6 Å². The summed E-state index contributed by atoms with van der Waals surface area (Å²) in [5.41, 5.74) is 0.370. The molecule has 1 unspecified atom stereocenters. The monoisotopic (exact) mass is 240 g/mol. The molecule has 2 rings (SSSR count). The molecule has 4 heteroatoms. The van der Waals surface area contributed by atoms with E-state index in [-0.39, 0.29) is 12.1 Å². The number of alkyl carbamates (subject to hydrolysis) is 1. The summed E-state index contributed by atoms with van der Waals surface area (Å²) in [4.78, 5) is 11.7. The Hall–Kier alpha value is -0.770. The average Bonchev–Trinajstić information content (AvgIpc) is 2.28. The number of piperidine rings is 1. The van der Waals surface area contributed by atoms with Crippen molar-refractivity contribution in [2.75, 3.05) is 19.7 Å². The lowest BCUT2D eigenvalue weighted by Crippen LogP contribution is -2.60. The maximum absolute atomic E-state index is 11.7. The van der Waals surface area contributed by atoms with Crippen LogP contribution in [0.4, 0.5) is 4.79 Å². The third-order valence-corrected chi connectivity index (χ3v) is 4.26. The summed E-state index contributed by atoms with van der Waals surface area (Å²) in [6.45, 7) is 4.61. The molecule has 1 saturated carbocycles. The van der Waals surface area contributed by atoms with Gasteiger partial charge in [0.1, 0.15) is 0 Å². The van der Waals surface area contributed by atoms with Gasteiger partial charge in [-0.2, -0.15) is 0 Å². The van der Waals surface area contributed by atoms with E-state index >= 15 is 0 Å². The lowest BCUT2D eigenvalue weighted by molar-refractivity contribution is 0.0386. The van der Waals surface area contributed by atoms with E-state index in [0.29, 0.717) is 12.0 Å². The van der Waals surface area contributed by atoms with Gasteiger partial charge in [0.05, 0.1) is 12.6 Å². The minimum absolute atomic E-state index is 0.238. The first kappa shape index (κ1) is 12.7. The smallest absolute Gasteiger partial charge is 0.407 e. The van der Waals surface area contributed by atoms with Crippen LogP contribution in [-0.4, -0.2) is 31.8 Å². The number of rotatable bonds is 4. The molecule has 1 heterocycles. The van der Waals surface area contributed by atoms with Crippen LogP contribution in [0.25, 0.3) is 0 Å². The molecule has 1 aliphatic carbocycles. The molecule has 1 saturated heterocycles.